The van der Waals surface area contributed by atoms with E-state index in [9.17, 15) is 27.2 Å². The number of halogens is 4. The molecule has 2 aromatic heterocycles. The summed E-state index contributed by atoms with van der Waals surface area (Å²) in [7, 11) is 1.58. The van der Waals surface area contributed by atoms with Crippen molar-refractivity contribution >= 4 is 51.2 Å². The molecule has 17 heteroatoms. The second-order valence-electron chi connectivity index (χ2n) is 14.2. The number of methoxy groups -OCH3 is 1. The second-order valence-corrected chi connectivity index (χ2v) is 14.2. The Bertz CT molecular complexity index is 2250. The highest BCUT2D eigenvalue weighted by atomic mass is 19.2. The number of hydrogen-bond acceptors (Lipinski definition) is 10. The lowest BCUT2D eigenvalue weighted by Gasteiger charge is -2.13. The van der Waals surface area contributed by atoms with Gasteiger partial charge in [0.1, 0.15) is 17.2 Å². The normalized spacial score (nSPS) is 11.7. The topological polar surface area (TPSA) is 164 Å². The number of amidine groups is 1. The maximum absolute atomic E-state index is 13.9. The van der Waals surface area contributed by atoms with Crippen LogP contribution in [0.3, 0.4) is 0 Å². The van der Waals surface area contributed by atoms with Gasteiger partial charge < -0.3 is 39.9 Å². The number of hydrogen-bond donors (Lipinski definition) is 3. The van der Waals surface area contributed by atoms with Gasteiger partial charge in [0, 0.05) is 69.8 Å². The molecule has 0 aliphatic rings. The van der Waals surface area contributed by atoms with Crippen molar-refractivity contribution in [2.24, 2.45) is 4.99 Å². The number of amides is 1. The number of nitrogens with one attached hydrogen (secondary N) is 2. The van der Waals surface area contributed by atoms with E-state index in [4.69, 9.17) is 29.9 Å². The number of benzene rings is 3. The standard InChI is InChI=1S/C44H53F4N7O6/c1-3-4-16-36-54-41-42(31-13-5-6-14-34(31)53-44(41)49)55(36)20-8-7-19-50-35(52-30-12-9-11-29(26-30)28-51-37(56)17-22-60-25-24-58-2)15-10-21-59-23-18-38(57)61-43-39(47)32(45)27-33(46)40(43)48/h5-6,9,11-14,26-27H,3-4,7-8,10,15-25,28H2,1-2H3,(H2,49,53)(H,50,52)(H,51,56). The van der Waals surface area contributed by atoms with Crippen LogP contribution in [0.4, 0.5) is 29.1 Å². The molecule has 5 rings (SSSR count). The zero-order valence-corrected chi connectivity index (χ0v) is 34.5. The molecule has 0 atom stereocenters. The summed E-state index contributed by atoms with van der Waals surface area (Å²) in [6, 6.07) is 15.6. The van der Waals surface area contributed by atoms with Gasteiger partial charge in [-0.15, -0.1) is 0 Å². The van der Waals surface area contributed by atoms with Crippen molar-refractivity contribution in [1.82, 2.24) is 19.9 Å². The molecular formula is C44H53F4N7O6. The molecule has 3 aromatic carbocycles. The Labute approximate surface area is 352 Å². The van der Waals surface area contributed by atoms with Gasteiger partial charge >= 0.3 is 5.97 Å². The number of carbonyl (C=O) groups excluding carboxylic acids is 2. The Morgan fingerprint density at radius 2 is 1.61 bits per heavy atom. The molecule has 4 N–H and O–H groups in total. The number of rotatable bonds is 25. The van der Waals surface area contributed by atoms with Gasteiger partial charge in [0.25, 0.3) is 0 Å². The molecule has 328 valence electrons. The molecule has 2 heterocycles. The Morgan fingerprint density at radius 1 is 0.836 bits per heavy atom. The smallest absolute Gasteiger partial charge is 0.313 e. The number of anilines is 2. The monoisotopic (exact) mass is 851 g/mol. The third-order valence-corrected chi connectivity index (χ3v) is 9.59. The van der Waals surface area contributed by atoms with Crippen molar-refractivity contribution in [2.45, 2.75) is 77.8 Å². The van der Waals surface area contributed by atoms with E-state index in [1.807, 2.05) is 48.5 Å². The van der Waals surface area contributed by atoms with Crippen molar-refractivity contribution < 1.29 is 46.1 Å². The van der Waals surface area contributed by atoms with Gasteiger partial charge in [0.15, 0.2) is 17.5 Å². The summed E-state index contributed by atoms with van der Waals surface area (Å²) in [6.07, 6.45) is 5.22. The van der Waals surface area contributed by atoms with Crippen molar-refractivity contribution in [2.75, 3.05) is 57.7 Å². The zero-order chi connectivity index (χ0) is 43.6. The maximum atomic E-state index is 13.9. The fourth-order valence-corrected chi connectivity index (χ4v) is 6.48. The van der Waals surface area contributed by atoms with Gasteiger partial charge in [-0.2, -0.15) is 8.78 Å². The van der Waals surface area contributed by atoms with Crippen LogP contribution in [-0.2, 0) is 43.3 Å². The fraction of sp³-hybridized carbons (Fsp3) is 0.432. The van der Waals surface area contributed by atoms with Crippen molar-refractivity contribution in [1.29, 1.82) is 0 Å². The molecule has 5 aromatic rings. The average molecular weight is 852 g/mol. The summed E-state index contributed by atoms with van der Waals surface area (Å²) in [4.78, 5) is 39.0. The van der Waals surface area contributed by atoms with Crippen LogP contribution in [-0.4, -0.2) is 78.9 Å². The first-order valence-electron chi connectivity index (χ1n) is 20.5. The van der Waals surface area contributed by atoms with Crippen LogP contribution in [0.1, 0.15) is 69.7 Å². The zero-order valence-electron chi connectivity index (χ0n) is 34.5. The summed E-state index contributed by atoms with van der Waals surface area (Å²) in [5, 5.41) is 7.33. The van der Waals surface area contributed by atoms with E-state index in [1.54, 1.807) is 7.11 Å². The molecule has 0 saturated carbocycles. The van der Waals surface area contributed by atoms with Crippen molar-refractivity contribution in [3.8, 4) is 5.75 Å². The molecule has 61 heavy (non-hydrogen) atoms. The van der Waals surface area contributed by atoms with Crippen LogP contribution in [0.2, 0.25) is 0 Å². The lowest BCUT2D eigenvalue weighted by Crippen LogP contribution is -2.24. The van der Waals surface area contributed by atoms with Crippen LogP contribution >= 0.6 is 0 Å². The highest BCUT2D eigenvalue weighted by molar-refractivity contribution is 6.06. The lowest BCUT2D eigenvalue weighted by atomic mass is 10.1. The number of carbonyl (C=O) groups is 2. The first-order chi connectivity index (χ1) is 29.6. The molecule has 0 aliphatic carbocycles. The van der Waals surface area contributed by atoms with Crippen LogP contribution < -0.4 is 21.1 Å². The number of aromatic nitrogens is 3. The number of nitrogens with two attached hydrogens (primary N) is 1. The number of para-hydroxylation sites is 1. The van der Waals surface area contributed by atoms with E-state index in [-0.39, 0.29) is 31.6 Å². The minimum absolute atomic E-state index is 0.0301. The SMILES string of the molecule is CCCCc1nc2c(N)nc3ccccc3c2n1CCCCN=C(CCCOCCC(=O)Oc1c(F)c(F)cc(F)c1F)Nc1cccc(CNC(=O)CCOCCOC)c1. The number of fused-ring (bicyclic) bond motifs is 3. The van der Waals surface area contributed by atoms with E-state index in [2.05, 4.69) is 31.8 Å². The highest BCUT2D eigenvalue weighted by Crippen LogP contribution is 2.30. The third-order valence-electron chi connectivity index (χ3n) is 9.59. The Morgan fingerprint density at radius 3 is 2.39 bits per heavy atom. The largest absolute Gasteiger partial charge is 0.420 e. The molecule has 0 fully saturated rings. The molecule has 0 radical (unpaired) electrons. The van der Waals surface area contributed by atoms with E-state index < -0.39 is 41.4 Å². The number of imidazole rings is 1. The van der Waals surface area contributed by atoms with Crippen molar-refractivity contribution in [3.63, 3.8) is 0 Å². The molecule has 0 unspecified atom stereocenters. The number of aliphatic imine (C=N–C) groups is 1. The summed E-state index contributed by atoms with van der Waals surface area (Å²) in [6.45, 7) is 4.92. The first kappa shape index (κ1) is 46.4. The summed E-state index contributed by atoms with van der Waals surface area (Å²) in [5.41, 5.74) is 10.6. The molecule has 0 aliphatic heterocycles. The second kappa shape index (κ2) is 24.0. The fourth-order valence-electron chi connectivity index (χ4n) is 6.48. The van der Waals surface area contributed by atoms with Gasteiger partial charge in [-0.05, 0) is 49.4 Å². The highest BCUT2D eigenvalue weighted by Gasteiger charge is 2.23. The van der Waals surface area contributed by atoms with Crippen molar-refractivity contribution in [3.05, 3.63) is 89.3 Å². The number of esters is 1. The number of nitrogens with zero attached hydrogens (tertiary/aromatic N) is 4. The van der Waals surface area contributed by atoms with Gasteiger partial charge in [-0.3, -0.25) is 14.6 Å². The van der Waals surface area contributed by atoms with E-state index in [1.165, 1.54) is 0 Å². The summed E-state index contributed by atoms with van der Waals surface area (Å²) >= 11 is 0. The first-order valence-corrected chi connectivity index (χ1v) is 20.5. The summed E-state index contributed by atoms with van der Waals surface area (Å²) < 4.78 is 77.6. The maximum Gasteiger partial charge on any atom is 0.313 e. The predicted molar refractivity (Wildman–Crippen MR) is 225 cm³/mol. The van der Waals surface area contributed by atoms with E-state index in [0.29, 0.717) is 62.9 Å². The van der Waals surface area contributed by atoms with E-state index in [0.717, 1.165) is 72.1 Å². The number of pyridine rings is 1. The minimum atomic E-state index is -1.80. The number of nitrogen functional groups attached to an aromatic ring is 1. The third kappa shape index (κ3) is 13.7. The van der Waals surface area contributed by atoms with Gasteiger partial charge in [-0.25, -0.2) is 18.7 Å². The average Bonchev–Trinajstić information content (AvgIpc) is 3.62. The van der Waals surface area contributed by atoms with E-state index >= 15 is 0 Å². The quantitative estimate of drug-likeness (QED) is 0.0100. The van der Waals surface area contributed by atoms with Gasteiger partial charge in [0.05, 0.1) is 43.9 Å². The minimum Gasteiger partial charge on any atom is -0.420 e. The van der Waals surface area contributed by atoms with Crippen LogP contribution in [0, 0.1) is 23.3 Å². The molecule has 0 saturated heterocycles. The van der Waals surface area contributed by atoms with Gasteiger partial charge in [0.2, 0.25) is 23.3 Å². The summed E-state index contributed by atoms with van der Waals surface area (Å²) in [5.74, 6) is -7.57. The number of aryl methyl sites for hydroxylation is 2. The lowest BCUT2D eigenvalue weighted by molar-refractivity contribution is -0.136. The Balaban J connectivity index is 1.19. The molecule has 13 nitrogen and oxygen atoms in total. The number of unbranched alkanes of at least 4 members (excludes halogenated alkanes) is 2. The Hall–Kier alpha value is -5.65. The molecule has 1 amide bonds. The molecular weight excluding hydrogens is 799 g/mol. The Kier molecular flexibility index (Phi) is 18.2. The van der Waals surface area contributed by atoms with Crippen LogP contribution in [0.25, 0.3) is 21.9 Å². The van der Waals surface area contributed by atoms with Crippen LogP contribution in [0.15, 0.2) is 59.6 Å². The van der Waals surface area contributed by atoms with Crippen LogP contribution in [0.5, 0.6) is 5.75 Å². The molecule has 0 bridgehead atoms. The predicted octanol–water partition coefficient (Wildman–Crippen LogP) is 7.82. The number of ether oxygens (including phenoxy) is 4. The molecule has 0 spiro atoms. The van der Waals surface area contributed by atoms with Gasteiger partial charge in [-0.1, -0.05) is 43.7 Å².